The van der Waals surface area contributed by atoms with E-state index in [0.29, 0.717) is 28.8 Å². The molecule has 0 spiro atoms. The summed E-state index contributed by atoms with van der Waals surface area (Å²) >= 11 is 7.49. The van der Waals surface area contributed by atoms with Crippen LogP contribution >= 0.6 is 23.4 Å². The van der Waals surface area contributed by atoms with Gasteiger partial charge in [-0.2, -0.15) is 0 Å². The lowest BCUT2D eigenvalue weighted by Gasteiger charge is -2.40. The van der Waals surface area contributed by atoms with Crippen LogP contribution < -0.4 is 10.2 Å². The van der Waals surface area contributed by atoms with Gasteiger partial charge in [0.2, 0.25) is 11.8 Å². The van der Waals surface area contributed by atoms with Crippen molar-refractivity contribution in [2.75, 3.05) is 30.3 Å². The van der Waals surface area contributed by atoms with Gasteiger partial charge in [0.15, 0.2) is 5.16 Å². The fourth-order valence-electron chi connectivity index (χ4n) is 3.30. The number of hydrogen-bond donors (Lipinski definition) is 1. The number of halogens is 1. The number of anilines is 1. The monoisotopic (exact) mass is 409 g/mol. The van der Waals surface area contributed by atoms with Crippen LogP contribution in [0.2, 0.25) is 5.15 Å². The van der Waals surface area contributed by atoms with E-state index in [0.717, 1.165) is 44.6 Å². The van der Waals surface area contributed by atoms with E-state index in [4.69, 9.17) is 11.6 Å². The smallest absolute Gasteiger partial charge is 0.230 e. The van der Waals surface area contributed by atoms with Crippen LogP contribution in [-0.4, -0.2) is 64.2 Å². The summed E-state index contributed by atoms with van der Waals surface area (Å²) in [5.41, 5.74) is 0. The minimum absolute atomic E-state index is 0.00782. The van der Waals surface area contributed by atoms with Gasteiger partial charge in [-0.3, -0.25) is 9.59 Å². The summed E-state index contributed by atoms with van der Waals surface area (Å²) in [6, 6.07) is 2.24. The van der Waals surface area contributed by atoms with Gasteiger partial charge in [0.05, 0.1) is 5.75 Å². The highest BCUT2D eigenvalue weighted by molar-refractivity contribution is 7.99. The number of carbonyl (C=O) groups excluding carboxylic acids is 2. The summed E-state index contributed by atoms with van der Waals surface area (Å²) in [5.74, 6) is 1.59. The van der Waals surface area contributed by atoms with E-state index in [2.05, 4.69) is 27.1 Å². The Kier molecular flexibility index (Phi) is 5.45. The van der Waals surface area contributed by atoms with Crippen molar-refractivity contribution >= 4 is 41.0 Å². The molecule has 1 saturated heterocycles. The van der Waals surface area contributed by atoms with Gasteiger partial charge in [0.1, 0.15) is 11.0 Å². The van der Waals surface area contributed by atoms with Gasteiger partial charge in [-0.15, -0.1) is 0 Å². The number of piperazine rings is 1. The highest BCUT2D eigenvalue weighted by Gasteiger charge is 2.37. The zero-order chi connectivity index (χ0) is 19.0. The number of nitrogens with zero attached hydrogens (tertiary/aromatic N) is 4. The first-order valence-corrected chi connectivity index (χ1v) is 10.9. The maximum Gasteiger partial charge on any atom is 0.230 e. The van der Waals surface area contributed by atoms with Crippen molar-refractivity contribution in [2.24, 2.45) is 5.92 Å². The molecule has 1 unspecified atom stereocenters. The Morgan fingerprint density at radius 2 is 2.04 bits per heavy atom. The molecule has 1 aromatic rings. The maximum atomic E-state index is 12.4. The molecule has 3 fully saturated rings. The summed E-state index contributed by atoms with van der Waals surface area (Å²) in [6.07, 6.45) is 4.20. The van der Waals surface area contributed by atoms with Crippen molar-refractivity contribution in [2.45, 2.75) is 49.8 Å². The number of rotatable bonds is 6. The number of amides is 2. The van der Waals surface area contributed by atoms with Crippen LogP contribution in [0, 0.1) is 5.92 Å². The third-order valence-corrected chi connectivity index (χ3v) is 6.14. The summed E-state index contributed by atoms with van der Waals surface area (Å²) in [5, 5.41) is 3.83. The average molecular weight is 410 g/mol. The SMILES string of the molecule is CC1CN(c2cc(Cl)nc(SCC(=O)NC3CC3)n2)CCN1C(=O)C1CC1. The van der Waals surface area contributed by atoms with E-state index in [9.17, 15) is 9.59 Å². The lowest BCUT2D eigenvalue weighted by molar-refractivity contribution is -0.135. The molecule has 1 aromatic heterocycles. The summed E-state index contributed by atoms with van der Waals surface area (Å²) in [7, 11) is 0. The molecule has 2 amide bonds. The zero-order valence-corrected chi connectivity index (χ0v) is 16.9. The molecule has 1 N–H and O–H groups in total. The molecule has 3 aliphatic rings. The van der Waals surface area contributed by atoms with Crippen LogP contribution in [-0.2, 0) is 9.59 Å². The molecule has 2 aliphatic carbocycles. The van der Waals surface area contributed by atoms with E-state index < -0.39 is 0 Å². The van der Waals surface area contributed by atoms with Gasteiger partial charge < -0.3 is 15.1 Å². The molecule has 0 aromatic carbocycles. The molecule has 1 atom stereocenters. The Labute approximate surface area is 168 Å². The molecule has 4 rings (SSSR count). The number of aromatic nitrogens is 2. The number of nitrogens with one attached hydrogen (secondary N) is 1. The zero-order valence-electron chi connectivity index (χ0n) is 15.4. The fourth-order valence-corrected chi connectivity index (χ4v) is 4.19. The number of carbonyl (C=O) groups is 2. The van der Waals surface area contributed by atoms with Crippen molar-refractivity contribution in [3.05, 3.63) is 11.2 Å². The highest BCUT2D eigenvalue weighted by atomic mass is 35.5. The van der Waals surface area contributed by atoms with E-state index >= 15 is 0 Å². The molecular formula is C18H24ClN5O2S. The Balaban J connectivity index is 1.37. The van der Waals surface area contributed by atoms with Crippen LogP contribution in [0.3, 0.4) is 0 Å². The average Bonchev–Trinajstić information content (AvgIpc) is 3.52. The van der Waals surface area contributed by atoms with Gasteiger partial charge in [0.25, 0.3) is 0 Å². The first kappa shape index (κ1) is 18.8. The van der Waals surface area contributed by atoms with E-state index in [1.165, 1.54) is 11.8 Å². The first-order chi connectivity index (χ1) is 13.0. The molecule has 9 heteroatoms. The van der Waals surface area contributed by atoms with Crippen LogP contribution in [0.25, 0.3) is 0 Å². The minimum Gasteiger partial charge on any atom is -0.353 e. The predicted molar refractivity (Wildman–Crippen MR) is 105 cm³/mol. The third kappa shape index (κ3) is 4.85. The normalized spacial score (nSPS) is 22.7. The predicted octanol–water partition coefficient (Wildman–Crippen LogP) is 1.95. The Bertz CT molecular complexity index is 740. The molecule has 0 bridgehead atoms. The van der Waals surface area contributed by atoms with Gasteiger partial charge in [-0.25, -0.2) is 9.97 Å². The molecule has 146 valence electrons. The topological polar surface area (TPSA) is 78.4 Å². The largest absolute Gasteiger partial charge is 0.353 e. The Morgan fingerprint density at radius 3 is 2.70 bits per heavy atom. The van der Waals surface area contributed by atoms with Gasteiger partial charge >= 0.3 is 0 Å². The van der Waals surface area contributed by atoms with Crippen molar-refractivity contribution < 1.29 is 9.59 Å². The quantitative estimate of drug-likeness (QED) is 0.439. The van der Waals surface area contributed by atoms with Crippen molar-refractivity contribution in [1.29, 1.82) is 0 Å². The first-order valence-electron chi connectivity index (χ1n) is 9.52. The molecule has 1 aliphatic heterocycles. The van der Waals surface area contributed by atoms with E-state index in [-0.39, 0.29) is 23.6 Å². The molecule has 2 saturated carbocycles. The van der Waals surface area contributed by atoms with Crippen molar-refractivity contribution in [3.63, 3.8) is 0 Å². The maximum absolute atomic E-state index is 12.4. The second-order valence-corrected chi connectivity index (χ2v) is 8.89. The van der Waals surface area contributed by atoms with Gasteiger partial charge in [0, 0.05) is 43.7 Å². The van der Waals surface area contributed by atoms with Gasteiger partial charge in [-0.1, -0.05) is 23.4 Å². The minimum atomic E-state index is 0.00782. The van der Waals surface area contributed by atoms with Crippen LogP contribution in [0.1, 0.15) is 32.6 Å². The van der Waals surface area contributed by atoms with Crippen LogP contribution in [0.15, 0.2) is 11.2 Å². The second kappa shape index (κ2) is 7.83. The fraction of sp³-hybridized carbons (Fsp3) is 0.667. The van der Waals surface area contributed by atoms with Crippen LogP contribution in [0.5, 0.6) is 0 Å². The lowest BCUT2D eigenvalue weighted by atomic mass is 10.1. The summed E-state index contributed by atoms with van der Waals surface area (Å²) in [6.45, 7) is 4.22. The van der Waals surface area contributed by atoms with E-state index in [1.807, 2.05) is 4.90 Å². The molecule has 7 nitrogen and oxygen atoms in total. The number of hydrogen-bond acceptors (Lipinski definition) is 6. The van der Waals surface area contributed by atoms with Crippen molar-refractivity contribution in [3.8, 4) is 0 Å². The van der Waals surface area contributed by atoms with Gasteiger partial charge in [-0.05, 0) is 32.6 Å². The standard InChI is InChI=1S/C18H24ClN5O2S/c1-11-9-23(6-7-24(11)17(26)12-2-3-12)15-8-14(19)21-18(22-15)27-10-16(25)20-13-4-5-13/h8,11-13H,2-7,9-10H2,1H3,(H,20,25). The molecule has 2 heterocycles. The van der Waals surface area contributed by atoms with Crippen LogP contribution in [0.4, 0.5) is 5.82 Å². The van der Waals surface area contributed by atoms with Crippen molar-refractivity contribution in [1.82, 2.24) is 20.2 Å². The lowest BCUT2D eigenvalue weighted by Crippen LogP contribution is -2.54. The third-order valence-electron chi connectivity index (χ3n) is 5.10. The number of thioether (sulfide) groups is 1. The molecule has 27 heavy (non-hydrogen) atoms. The van der Waals surface area contributed by atoms with E-state index in [1.54, 1.807) is 6.07 Å². The highest BCUT2D eigenvalue weighted by Crippen LogP contribution is 2.33. The Morgan fingerprint density at radius 1 is 1.26 bits per heavy atom. The Hall–Kier alpha value is -1.54. The summed E-state index contributed by atoms with van der Waals surface area (Å²) < 4.78 is 0. The molecule has 0 radical (unpaired) electrons. The molecular weight excluding hydrogens is 386 g/mol. The summed E-state index contributed by atoms with van der Waals surface area (Å²) in [4.78, 5) is 37.2. The second-order valence-electron chi connectivity index (χ2n) is 7.56.